The third-order valence-corrected chi connectivity index (χ3v) is 4.73. The highest BCUT2D eigenvalue weighted by Crippen LogP contribution is 2.30. The Bertz CT molecular complexity index is 604. The minimum atomic E-state index is 0.599. The van der Waals surface area contributed by atoms with Gasteiger partial charge < -0.3 is 25.0 Å². The zero-order valence-corrected chi connectivity index (χ0v) is 17.5. The zero-order chi connectivity index (χ0) is 19.6. The first-order valence-electron chi connectivity index (χ1n) is 10.1. The smallest absolute Gasteiger partial charge is 0.195 e. The van der Waals surface area contributed by atoms with Gasteiger partial charge >= 0.3 is 0 Å². The molecule has 0 aromatic heterocycles. The van der Waals surface area contributed by atoms with Crippen molar-refractivity contribution in [3.05, 3.63) is 18.2 Å². The molecule has 2 N–H and O–H groups in total. The molecular weight excluding hydrogens is 340 g/mol. The second-order valence-electron chi connectivity index (χ2n) is 7.54. The largest absolute Gasteiger partial charge is 0.493 e. The van der Waals surface area contributed by atoms with Crippen LogP contribution in [0.25, 0.3) is 0 Å². The van der Waals surface area contributed by atoms with Crippen molar-refractivity contribution in [3.8, 4) is 11.5 Å². The summed E-state index contributed by atoms with van der Waals surface area (Å²) in [6.07, 6.45) is 2.55. The second kappa shape index (κ2) is 11.0. The van der Waals surface area contributed by atoms with Gasteiger partial charge in [-0.15, -0.1) is 0 Å². The van der Waals surface area contributed by atoms with E-state index < -0.39 is 0 Å². The maximum absolute atomic E-state index is 5.65. The van der Waals surface area contributed by atoms with Crippen molar-refractivity contribution in [2.45, 2.75) is 33.6 Å². The van der Waals surface area contributed by atoms with Crippen LogP contribution in [-0.4, -0.2) is 57.8 Å². The van der Waals surface area contributed by atoms with Gasteiger partial charge in [0.1, 0.15) is 0 Å². The molecule has 0 spiro atoms. The molecule has 1 aliphatic heterocycles. The molecule has 1 fully saturated rings. The topological polar surface area (TPSA) is 58.1 Å². The Morgan fingerprint density at radius 1 is 1.33 bits per heavy atom. The number of hydrogen-bond donors (Lipinski definition) is 2. The first-order valence-corrected chi connectivity index (χ1v) is 10.1. The third-order valence-electron chi connectivity index (χ3n) is 4.73. The van der Waals surface area contributed by atoms with Gasteiger partial charge in [0, 0.05) is 38.4 Å². The number of aliphatic imine (C=N–C) groups is 1. The molecule has 1 aliphatic rings. The minimum Gasteiger partial charge on any atom is -0.493 e. The first kappa shape index (κ1) is 21.4. The normalized spacial score (nSPS) is 18.4. The fourth-order valence-corrected chi connectivity index (χ4v) is 3.58. The summed E-state index contributed by atoms with van der Waals surface area (Å²) in [6, 6.07) is 5.82. The van der Waals surface area contributed by atoms with Crippen molar-refractivity contribution in [1.29, 1.82) is 0 Å². The number of methoxy groups -OCH3 is 1. The molecule has 1 heterocycles. The quantitative estimate of drug-likeness (QED) is 0.538. The van der Waals surface area contributed by atoms with E-state index in [-0.39, 0.29) is 0 Å². The number of nitrogens with one attached hydrogen (secondary N) is 2. The first-order chi connectivity index (χ1) is 13.0. The number of rotatable bonds is 8. The van der Waals surface area contributed by atoms with Gasteiger partial charge in [-0.2, -0.15) is 0 Å². The van der Waals surface area contributed by atoms with Gasteiger partial charge in [0.15, 0.2) is 17.5 Å². The average Bonchev–Trinajstić information content (AvgIpc) is 2.65. The van der Waals surface area contributed by atoms with Gasteiger partial charge in [0.05, 0.1) is 13.7 Å². The summed E-state index contributed by atoms with van der Waals surface area (Å²) in [7, 11) is 3.45. The fourth-order valence-electron chi connectivity index (χ4n) is 3.58. The van der Waals surface area contributed by atoms with Crippen molar-refractivity contribution in [2.24, 2.45) is 16.8 Å². The van der Waals surface area contributed by atoms with Gasteiger partial charge in [-0.05, 0) is 50.3 Å². The molecule has 0 bridgehead atoms. The number of anilines is 1. The van der Waals surface area contributed by atoms with Crippen LogP contribution in [0.4, 0.5) is 5.69 Å². The van der Waals surface area contributed by atoms with E-state index in [1.807, 2.05) is 25.1 Å². The van der Waals surface area contributed by atoms with Crippen molar-refractivity contribution in [2.75, 3.05) is 52.3 Å². The Labute approximate surface area is 164 Å². The lowest BCUT2D eigenvalue weighted by molar-refractivity contribution is 0.159. The summed E-state index contributed by atoms with van der Waals surface area (Å²) in [5, 5.41) is 6.83. The van der Waals surface area contributed by atoms with E-state index in [9.17, 15) is 0 Å². The maximum Gasteiger partial charge on any atom is 0.195 e. The molecule has 1 unspecified atom stereocenters. The predicted molar refractivity (Wildman–Crippen MR) is 113 cm³/mol. The van der Waals surface area contributed by atoms with Crippen LogP contribution in [0.2, 0.25) is 0 Å². The molecule has 1 atom stereocenters. The number of nitrogens with zero attached hydrogens (tertiary/aromatic N) is 2. The molecule has 1 saturated heterocycles. The van der Waals surface area contributed by atoms with E-state index in [2.05, 4.69) is 34.4 Å². The number of likely N-dealkylation sites (tertiary alicyclic amines) is 1. The number of ether oxygens (including phenoxy) is 2. The van der Waals surface area contributed by atoms with Crippen LogP contribution in [0.3, 0.4) is 0 Å². The van der Waals surface area contributed by atoms with E-state index in [1.54, 1.807) is 14.2 Å². The maximum atomic E-state index is 5.65. The average molecular weight is 377 g/mol. The van der Waals surface area contributed by atoms with Crippen molar-refractivity contribution in [3.63, 3.8) is 0 Å². The van der Waals surface area contributed by atoms with Crippen LogP contribution in [0.5, 0.6) is 11.5 Å². The van der Waals surface area contributed by atoms with Gasteiger partial charge in [0.25, 0.3) is 0 Å². The summed E-state index contributed by atoms with van der Waals surface area (Å²) in [5.41, 5.74) is 0.928. The summed E-state index contributed by atoms with van der Waals surface area (Å²) in [4.78, 5) is 6.95. The van der Waals surface area contributed by atoms with E-state index in [1.165, 1.54) is 32.5 Å². The molecule has 6 nitrogen and oxygen atoms in total. The van der Waals surface area contributed by atoms with E-state index in [0.29, 0.717) is 12.5 Å². The van der Waals surface area contributed by atoms with E-state index in [4.69, 9.17) is 9.47 Å². The molecule has 0 aliphatic carbocycles. The van der Waals surface area contributed by atoms with Crippen LogP contribution in [0.1, 0.15) is 33.6 Å². The fraction of sp³-hybridized carbons (Fsp3) is 0.667. The number of hydrogen-bond acceptors (Lipinski definition) is 4. The Balaban J connectivity index is 1.89. The van der Waals surface area contributed by atoms with E-state index in [0.717, 1.165) is 35.6 Å². The van der Waals surface area contributed by atoms with Crippen molar-refractivity contribution in [1.82, 2.24) is 10.2 Å². The Morgan fingerprint density at radius 3 is 2.81 bits per heavy atom. The van der Waals surface area contributed by atoms with Gasteiger partial charge in [-0.1, -0.05) is 13.8 Å². The number of benzene rings is 1. The number of piperidine rings is 1. The van der Waals surface area contributed by atoms with Crippen LogP contribution in [0, 0.1) is 11.8 Å². The lowest BCUT2D eigenvalue weighted by Gasteiger charge is -2.34. The number of guanidine groups is 1. The summed E-state index contributed by atoms with van der Waals surface area (Å²) >= 11 is 0. The molecule has 0 saturated carbocycles. The van der Waals surface area contributed by atoms with E-state index >= 15 is 0 Å². The highest BCUT2D eigenvalue weighted by Gasteiger charge is 2.20. The Hall–Kier alpha value is -1.95. The zero-order valence-electron chi connectivity index (χ0n) is 17.5. The molecule has 152 valence electrons. The second-order valence-corrected chi connectivity index (χ2v) is 7.54. The molecule has 0 amide bonds. The van der Waals surface area contributed by atoms with Crippen molar-refractivity contribution < 1.29 is 9.47 Å². The van der Waals surface area contributed by atoms with Crippen LogP contribution < -0.4 is 20.1 Å². The van der Waals surface area contributed by atoms with Gasteiger partial charge in [-0.25, -0.2) is 0 Å². The molecule has 1 aromatic carbocycles. The minimum absolute atomic E-state index is 0.599. The lowest BCUT2D eigenvalue weighted by Crippen LogP contribution is -2.43. The summed E-state index contributed by atoms with van der Waals surface area (Å²) in [6.45, 7) is 11.7. The monoisotopic (exact) mass is 376 g/mol. The lowest BCUT2D eigenvalue weighted by atomic mass is 9.97. The SMILES string of the molecule is CCOc1cc(NC(=NC)NCC2CCCN(CC(C)C)C2)ccc1OC. The summed E-state index contributed by atoms with van der Waals surface area (Å²) in [5.74, 6) is 3.63. The molecule has 0 radical (unpaired) electrons. The molecule has 27 heavy (non-hydrogen) atoms. The molecule has 1 aromatic rings. The van der Waals surface area contributed by atoms with Crippen LogP contribution in [-0.2, 0) is 0 Å². The predicted octanol–water partition coefficient (Wildman–Crippen LogP) is 3.45. The van der Waals surface area contributed by atoms with Crippen LogP contribution in [0.15, 0.2) is 23.2 Å². The van der Waals surface area contributed by atoms with Crippen LogP contribution >= 0.6 is 0 Å². The molecular formula is C21H36N4O2. The van der Waals surface area contributed by atoms with Gasteiger partial charge in [-0.3, -0.25) is 4.99 Å². The van der Waals surface area contributed by atoms with Crippen molar-refractivity contribution >= 4 is 11.6 Å². The summed E-state index contributed by atoms with van der Waals surface area (Å²) < 4.78 is 11.0. The molecule has 6 heteroatoms. The standard InChI is InChI=1S/C21H36N4O2/c1-6-27-20-12-18(9-10-19(20)26-5)24-21(22-4)23-13-17-8-7-11-25(15-17)14-16(2)3/h9-10,12,16-17H,6-8,11,13-15H2,1-5H3,(H2,22,23,24). The highest BCUT2D eigenvalue weighted by atomic mass is 16.5. The Kier molecular flexibility index (Phi) is 8.72. The van der Waals surface area contributed by atoms with Gasteiger partial charge in [0.2, 0.25) is 0 Å². The highest BCUT2D eigenvalue weighted by molar-refractivity contribution is 5.93. The third kappa shape index (κ3) is 6.94. The molecule has 2 rings (SSSR count). The Morgan fingerprint density at radius 2 is 2.15 bits per heavy atom.